The Morgan fingerprint density at radius 1 is 0.600 bits per heavy atom. The van der Waals surface area contributed by atoms with Gasteiger partial charge in [0.15, 0.2) is 0 Å². The molecule has 0 atom stereocenters. The molecule has 0 aliphatic rings. The first kappa shape index (κ1) is 247. The van der Waals surface area contributed by atoms with Crippen LogP contribution in [0.25, 0.3) is 0 Å². The molecule has 2 radical (unpaired) electrons. The summed E-state index contributed by atoms with van der Waals surface area (Å²) in [5, 5.41) is 0. The van der Waals surface area contributed by atoms with Crippen LogP contribution >= 0.6 is 0 Å². The van der Waals surface area contributed by atoms with Gasteiger partial charge in [0, 0.05) is 0 Å². The molecule has 0 saturated heterocycles. The van der Waals surface area contributed by atoms with Crippen LogP contribution in [0.3, 0.4) is 0 Å². The molecule has 5 heavy (non-hydrogen) atoms. The fourth-order valence-corrected chi connectivity index (χ4v) is 0. The van der Waals surface area contributed by atoms with Crippen molar-refractivity contribution in [3.63, 3.8) is 0 Å². The van der Waals surface area contributed by atoms with Gasteiger partial charge in [-0.15, -0.1) is 0 Å². The van der Waals surface area contributed by atoms with Crippen molar-refractivity contribution in [2.75, 3.05) is 0 Å². The summed E-state index contributed by atoms with van der Waals surface area (Å²) in [6.07, 6.45) is 0. The molecule has 3 heteroatoms. The van der Waals surface area contributed by atoms with Crippen molar-refractivity contribution >= 4 is 23.9 Å². The Kier molecular flexibility index (Phi) is 6230. The third kappa shape index (κ3) is 67.5. The van der Waals surface area contributed by atoms with Gasteiger partial charge in [-0.25, -0.2) is 0 Å². The fraction of sp³-hybridized carbons (Fsp3) is 1.00. The number of hydrogen-bond donors (Lipinski definition) is 0. The molecule has 0 aromatic rings. The molecule has 0 rings (SSSR count). The van der Waals surface area contributed by atoms with E-state index in [1.165, 1.54) is 0 Å². The molecule has 0 fully saturated rings. The fourth-order valence-electron chi connectivity index (χ4n) is 0. The zero-order chi connectivity index (χ0) is 0. The molecule has 0 aromatic heterocycles. The minimum Gasteiger partial charge on any atom is -0.870 e. The number of rotatable bonds is 0. The SMILES string of the molecule is C.C.[OH-].[OH-].[Sn+2]. The third-order valence-corrected chi connectivity index (χ3v) is 0. The van der Waals surface area contributed by atoms with Crippen LogP contribution in [0.2, 0.25) is 0 Å². The summed E-state index contributed by atoms with van der Waals surface area (Å²) in [6.45, 7) is 0. The third-order valence-electron chi connectivity index (χ3n) is 0. The van der Waals surface area contributed by atoms with Crippen molar-refractivity contribution < 1.29 is 11.0 Å². The molecule has 0 aliphatic heterocycles. The van der Waals surface area contributed by atoms with Gasteiger partial charge in [0.25, 0.3) is 0 Å². The van der Waals surface area contributed by atoms with Crippen LogP contribution in [-0.4, -0.2) is 34.9 Å². The van der Waals surface area contributed by atoms with Crippen LogP contribution in [0.1, 0.15) is 14.9 Å². The van der Waals surface area contributed by atoms with Crippen molar-refractivity contribution in [1.82, 2.24) is 0 Å². The van der Waals surface area contributed by atoms with Crippen LogP contribution < -0.4 is 0 Å². The maximum atomic E-state index is 0. The Bertz CT molecular complexity index is 7.61. The number of hydrogen-bond acceptors (Lipinski definition) is 2. The largest absolute Gasteiger partial charge is 2.00 e. The van der Waals surface area contributed by atoms with Gasteiger partial charge in [0.05, 0.1) is 0 Å². The average molecular weight is 185 g/mol. The normalized spacial score (nSPS) is 0. The van der Waals surface area contributed by atoms with Gasteiger partial charge < -0.3 is 11.0 Å². The first-order valence-corrected chi connectivity index (χ1v) is 0. The zero-order valence-corrected chi connectivity index (χ0v) is 4.25. The van der Waals surface area contributed by atoms with Gasteiger partial charge in [-0.2, -0.15) is 0 Å². The maximum Gasteiger partial charge on any atom is 2.00 e. The summed E-state index contributed by atoms with van der Waals surface area (Å²) in [4.78, 5) is 0. The minimum absolute atomic E-state index is 0. The van der Waals surface area contributed by atoms with Gasteiger partial charge in [0.1, 0.15) is 0 Å². The molecule has 0 amide bonds. The van der Waals surface area contributed by atoms with Crippen LogP contribution in [0, 0.1) is 0 Å². The molecule has 2 N–H and O–H groups in total. The van der Waals surface area contributed by atoms with E-state index >= 15 is 0 Å². The van der Waals surface area contributed by atoms with Crippen LogP contribution in [-0.2, 0) is 0 Å². The van der Waals surface area contributed by atoms with Crippen molar-refractivity contribution in [3.8, 4) is 0 Å². The molecule has 0 spiro atoms. The van der Waals surface area contributed by atoms with E-state index in [-0.39, 0.29) is 49.7 Å². The van der Waals surface area contributed by atoms with Crippen molar-refractivity contribution in [3.05, 3.63) is 0 Å². The zero-order valence-electron chi connectivity index (χ0n) is 1.39. The van der Waals surface area contributed by atoms with Gasteiger partial charge in [0.2, 0.25) is 0 Å². The second kappa shape index (κ2) is 126. The van der Waals surface area contributed by atoms with E-state index in [9.17, 15) is 0 Å². The molecule has 0 aliphatic carbocycles. The predicted octanol–water partition coefficient (Wildman–Crippen LogP) is 0.538. The van der Waals surface area contributed by atoms with E-state index in [1.54, 1.807) is 0 Å². The Labute approximate surface area is 50.2 Å². The first-order valence-electron chi connectivity index (χ1n) is 0. The molecule has 0 saturated carbocycles. The molecular formula is C2H10O2Sn. The van der Waals surface area contributed by atoms with Gasteiger partial charge >= 0.3 is 23.9 Å². The monoisotopic (exact) mass is 186 g/mol. The van der Waals surface area contributed by atoms with Gasteiger partial charge in [-0.3, -0.25) is 0 Å². The standard InChI is InChI=1S/2CH4.2H2O.Sn/h2*1H4;2*1H2;/q;;;;+2/p-2. The van der Waals surface area contributed by atoms with Crippen molar-refractivity contribution in [1.29, 1.82) is 0 Å². The Morgan fingerprint density at radius 3 is 0.600 bits per heavy atom. The Balaban J connectivity index is 0. The first-order chi connectivity index (χ1) is 0. The topological polar surface area (TPSA) is 60.0 Å². The van der Waals surface area contributed by atoms with Crippen LogP contribution in [0.4, 0.5) is 0 Å². The summed E-state index contributed by atoms with van der Waals surface area (Å²) in [5.74, 6) is 0. The minimum atomic E-state index is 0. The Morgan fingerprint density at radius 2 is 0.600 bits per heavy atom. The second-order valence-electron chi connectivity index (χ2n) is 0. The van der Waals surface area contributed by atoms with Gasteiger partial charge in [-0.1, -0.05) is 14.9 Å². The van der Waals surface area contributed by atoms with E-state index in [2.05, 4.69) is 0 Å². The van der Waals surface area contributed by atoms with Crippen molar-refractivity contribution in [2.45, 2.75) is 14.9 Å². The smallest absolute Gasteiger partial charge is 0.870 e. The summed E-state index contributed by atoms with van der Waals surface area (Å²) in [5.41, 5.74) is 0. The summed E-state index contributed by atoms with van der Waals surface area (Å²) in [6, 6.07) is 0. The molecule has 2 nitrogen and oxygen atoms in total. The van der Waals surface area contributed by atoms with E-state index in [1.807, 2.05) is 0 Å². The van der Waals surface area contributed by atoms with Gasteiger partial charge in [-0.05, 0) is 0 Å². The second-order valence-corrected chi connectivity index (χ2v) is 0. The quantitative estimate of drug-likeness (QED) is 0.516. The van der Waals surface area contributed by atoms with Crippen molar-refractivity contribution in [2.24, 2.45) is 0 Å². The molecule has 0 aromatic carbocycles. The van der Waals surface area contributed by atoms with E-state index in [0.29, 0.717) is 0 Å². The molecule has 0 bridgehead atoms. The summed E-state index contributed by atoms with van der Waals surface area (Å²) >= 11 is 0. The van der Waals surface area contributed by atoms with Crippen LogP contribution in [0.5, 0.6) is 0 Å². The molecule has 0 heterocycles. The maximum absolute atomic E-state index is 0. The summed E-state index contributed by atoms with van der Waals surface area (Å²) in [7, 11) is 0. The van der Waals surface area contributed by atoms with Crippen LogP contribution in [0.15, 0.2) is 0 Å². The summed E-state index contributed by atoms with van der Waals surface area (Å²) < 4.78 is 0. The molecular weight excluding hydrogens is 175 g/mol. The van der Waals surface area contributed by atoms with E-state index in [0.717, 1.165) is 0 Å². The van der Waals surface area contributed by atoms with E-state index < -0.39 is 0 Å². The Hall–Kier alpha value is 0.719. The molecule has 34 valence electrons. The predicted molar refractivity (Wildman–Crippen MR) is 23.1 cm³/mol. The molecule has 0 unspecified atom stereocenters. The average Bonchev–Trinajstić information content (AvgIpc) is 0. The van der Waals surface area contributed by atoms with E-state index in [4.69, 9.17) is 0 Å².